The molecule has 0 aliphatic carbocycles. The van der Waals surface area contributed by atoms with Gasteiger partial charge in [0.2, 0.25) is 0 Å². The average molecular weight is 777 g/mol. The number of hydrogen-bond donors (Lipinski definition) is 1. The number of aromatic nitrogens is 1. The minimum absolute atomic E-state index is 0. The van der Waals surface area contributed by atoms with E-state index in [1.807, 2.05) is 41.5 Å². The molecule has 0 amide bonds. The van der Waals surface area contributed by atoms with Gasteiger partial charge in [0.15, 0.2) is 5.78 Å². The first-order valence-electron chi connectivity index (χ1n) is 16.2. The second-order valence-corrected chi connectivity index (χ2v) is 14.9. The number of nitrogens with zero attached hydrogens (tertiary/aromatic N) is 1. The average Bonchev–Trinajstić information content (AvgIpc) is 2.95. The van der Waals surface area contributed by atoms with Crippen molar-refractivity contribution in [3.63, 3.8) is 0 Å². The molecular formula is C40H58IrNO2-. The largest absolute Gasteiger partial charge is 0.512 e. The molecular weight excluding hydrogens is 719 g/mol. The molecule has 1 N–H and O–H groups in total. The summed E-state index contributed by atoms with van der Waals surface area (Å²) in [5, 5.41) is 12.4. The quantitative estimate of drug-likeness (QED) is 0.134. The number of aryl methyl sites for hydroxylation is 1. The van der Waals surface area contributed by atoms with Gasteiger partial charge in [-0.3, -0.25) is 4.79 Å². The zero-order valence-corrected chi connectivity index (χ0v) is 32.3. The third-order valence-corrected chi connectivity index (χ3v) is 9.27. The van der Waals surface area contributed by atoms with Crippen molar-refractivity contribution >= 4 is 16.6 Å². The Balaban J connectivity index is 0.000000519. The number of carbonyl (C=O) groups is 1. The van der Waals surface area contributed by atoms with E-state index in [-0.39, 0.29) is 47.9 Å². The number of rotatable bonds is 9. The summed E-state index contributed by atoms with van der Waals surface area (Å²) in [6, 6.07) is 15.0. The molecule has 0 aliphatic heterocycles. The molecule has 44 heavy (non-hydrogen) atoms. The van der Waals surface area contributed by atoms with Crippen molar-refractivity contribution in [1.82, 2.24) is 4.98 Å². The van der Waals surface area contributed by atoms with Gasteiger partial charge in [0, 0.05) is 43.2 Å². The summed E-state index contributed by atoms with van der Waals surface area (Å²) in [6.07, 6.45) is 6.22. The van der Waals surface area contributed by atoms with Gasteiger partial charge in [0.1, 0.15) is 5.76 Å². The molecule has 0 spiro atoms. The standard InChI is InChI=1S/C27H34N.C13H24O2.Ir/c1-9-19(5)20-10-11-23-24(15-20)25(17(2)3)16-28-26(23)21-12-18(4)13-22(14-21)27(6,7)8;1-7-12(3,4)10(14)9-11(15)13(5,6)8-2;/h10-11,13-17,19H,9H2,1-8H3;9,14H,7-8H2,1-6H3;/q-1;;/b;10-9-;. The fourth-order valence-electron chi connectivity index (χ4n) is 4.64. The summed E-state index contributed by atoms with van der Waals surface area (Å²) in [5.41, 5.74) is 6.80. The number of fused-ring (bicyclic) bond motifs is 1. The number of pyridine rings is 1. The van der Waals surface area contributed by atoms with Crippen LogP contribution in [-0.4, -0.2) is 15.9 Å². The van der Waals surface area contributed by atoms with Gasteiger partial charge >= 0.3 is 0 Å². The molecule has 245 valence electrons. The second-order valence-electron chi connectivity index (χ2n) is 14.9. The first-order valence-corrected chi connectivity index (χ1v) is 16.2. The van der Waals surface area contributed by atoms with Crippen molar-refractivity contribution in [3.8, 4) is 11.3 Å². The van der Waals surface area contributed by atoms with E-state index < -0.39 is 0 Å². The van der Waals surface area contributed by atoms with Crippen molar-refractivity contribution in [1.29, 1.82) is 0 Å². The zero-order chi connectivity index (χ0) is 32.9. The molecule has 3 rings (SSSR count). The molecule has 1 radical (unpaired) electrons. The van der Waals surface area contributed by atoms with Crippen molar-refractivity contribution in [3.05, 3.63) is 76.7 Å². The van der Waals surface area contributed by atoms with Gasteiger partial charge in [-0.15, -0.1) is 34.9 Å². The molecule has 0 aliphatic rings. The van der Waals surface area contributed by atoms with Crippen molar-refractivity contribution in [2.24, 2.45) is 10.8 Å². The smallest absolute Gasteiger partial charge is 0.164 e. The van der Waals surface area contributed by atoms with Gasteiger partial charge in [0.25, 0.3) is 0 Å². The molecule has 1 aromatic heterocycles. The van der Waals surface area contributed by atoms with E-state index in [1.54, 1.807) is 0 Å². The Bertz CT molecular complexity index is 1440. The molecule has 0 saturated carbocycles. The Morgan fingerprint density at radius 3 is 2.00 bits per heavy atom. The molecule has 3 aromatic rings. The van der Waals surface area contributed by atoms with Crippen LogP contribution in [0.3, 0.4) is 0 Å². The zero-order valence-electron chi connectivity index (χ0n) is 30.0. The van der Waals surface area contributed by atoms with E-state index in [9.17, 15) is 9.90 Å². The topological polar surface area (TPSA) is 50.2 Å². The Hall–Kier alpha value is -2.29. The summed E-state index contributed by atoms with van der Waals surface area (Å²) in [6.45, 7) is 29.6. The number of carbonyl (C=O) groups excluding carboxylic acids is 1. The van der Waals surface area contributed by atoms with Crippen molar-refractivity contribution in [2.75, 3.05) is 0 Å². The Morgan fingerprint density at radius 2 is 1.50 bits per heavy atom. The number of aliphatic hydroxyl groups excluding tert-OH is 1. The first kappa shape index (κ1) is 39.7. The van der Waals surface area contributed by atoms with Crippen LogP contribution in [0.15, 0.2) is 48.4 Å². The normalized spacial score (nSPS) is 13.3. The Morgan fingerprint density at radius 1 is 0.909 bits per heavy atom. The third-order valence-electron chi connectivity index (χ3n) is 9.27. The van der Waals surface area contributed by atoms with Crippen LogP contribution in [0.2, 0.25) is 0 Å². The monoisotopic (exact) mass is 777 g/mol. The SMILES string of the molecule is CCC(C)(C)C(=O)/C=C(\O)C(C)(C)CC.CCC(C)c1ccc2c(-c3[c-]c(C)cc(C(C)(C)C)c3)ncc(C(C)C)c2c1.[Ir]. The van der Waals surface area contributed by atoms with Crippen LogP contribution < -0.4 is 0 Å². The predicted molar refractivity (Wildman–Crippen MR) is 186 cm³/mol. The first-order chi connectivity index (χ1) is 19.8. The molecule has 1 unspecified atom stereocenters. The van der Waals surface area contributed by atoms with Crippen LogP contribution in [-0.2, 0) is 30.3 Å². The number of aliphatic hydroxyl groups is 1. The van der Waals surface area contributed by atoms with E-state index in [0.717, 1.165) is 30.5 Å². The van der Waals surface area contributed by atoms with Gasteiger partial charge in [-0.2, -0.15) is 0 Å². The predicted octanol–water partition coefficient (Wildman–Crippen LogP) is 11.8. The van der Waals surface area contributed by atoms with E-state index in [4.69, 9.17) is 4.98 Å². The number of benzene rings is 2. The van der Waals surface area contributed by atoms with Crippen LogP contribution in [0.25, 0.3) is 22.0 Å². The second kappa shape index (κ2) is 15.8. The Kier molecular flexibility index (Phi) is 14.3. The van der Waals surface area contributed by atoms with E-state index >= 15 is 0 Å². The molecule has 0 bridgehead atoms. The van der Waals surface area contributed by atoms with E-state index in [0.29, 0.717) is 11.8 Å². The fraction of sp³-hybridized carbons (Fsp3) is 0.550. The van der Waals surface area contributed by atoms with E-state index in [1.165, 1.54) is 39.1 Å². The maximum absolute atomic E-state index is 11.8. The minimum Gasteiger partial charge on any atom is -0.512 e. The van der Waals surface area contributed by atoms with Crippen LogP contribution >= 0.6 is 0 Å². The van der Waals surface area contributed by atoms with Gasteiger partial charge < -0.3 is 10.1 Å². The molecule has 0 fully saturated rings. The Labute approximate surface area is 282 Å². The molecule has 3 nitrogen and oxygen atoms in total. The van der Waals surface area contributed by atoms with Crippen molar-refractivity contribution < 1.29 is 30.0 Å². The summed E-state index contributed by atoms with van der Waals surface area (Å²) >= 11 is 0. The molecule has 0 saturated heterocycles. The summed E-state index contributed by atoms with van der Waals surface area (Å²) in [4.78, 5) is 16.8. The summed E-state index contributed by atoms with van der Waals surface area (Å²) in [7, 11) is 0. The number of ketones is 1. The minimum atomic E-state index is -0.377. The van der Waals surface area contributed by atoms with Gasteiger partial charge in [0.05, 0.1) is 0 Å². The van der Waals surface area contributed by atoms with Crippen LogP contribution in [0.4, 0.5) is 0 Å². The fourth-order valence-corrected chi connectivity index (χ4v) is 4.64. The summed E-state index contributed by atoms with van der Waals surface area (Å²) < 4.78 is 0. The van der Waals surface area contributed by atoms with Crippen molar-refractivity contribution in [2.45, 2.75) is 133 Å². The van der Waals surface area contributed by atoms with Crippen LogP contribution in [0, 0.1) is 23.8 Å². The van der Waals surface area contributed by atoms with E-state index in [2.05, 4.69) is 98.0 Å². The molecule has 2 aromatic carbocycles. The van der Waals surface area contributed by atoms with Gasteiger partial charge in [-0.1, -0.05) is 115 Å². The number of hydrogen-bond acceptors (Lipinski definition) is 3. The third kappa shape index (κ3) is 9.85. The van der Waals surface area contributed by atoms with Gasteiger partial charge in [-0.05, 0) is 64.1 Å². The summed E-state index contributed by atoms with van der Waals surface area (Å²) in [5.74, 6) is 1.21. The van der Waals surface area contributed by atoms with Gasteiger partial charge in [-0.25, -0.2) is 0 Å². The number of allylic oxidation sites excluding steroid dienone is 2. The molecule has 1 heterocycles. The maximum Gasteiger partial charge on any atom is 0.164 e. The molecule has 1 atom stereocenters. The van der Waals surface area contributed by atoms with Crippen LogP contribution in [0.1, 0.15) is 143 Å². The maximum atomic E-state index is 11.8. The molecule has 4 heteroatoms. The van der Waals surface area contributed by atoms with Crippen LogP contribution in [0.5, 0.6) is 0 Å².